The first-order valence-electron chi connectivity index (χ1n) is 5.95. The molecule has 18 heavy (non-hydrogen) atoms. The molecular weight excluding hydrogens is 226 g/mol. The van der Waals surface area contributed by atoms with E-state index in [1.807, 2.05) is 38.2 Å². The molecule has 0 atom stereocenters. The predicted octanol–water partition coefficient (Wildman–Crippen LogP) is 2.44. The number of nitrogen functional groups attached to an aromatic ring is 1. The number of rotatable bonds is 4. The molecule has 4 nitrogen and oxygen atoms in total. The largest absolute Gasteiger partial charge is 0.489 e. The fourth-order valence-corrected chi connectivity index (χ4v) is 1.72. The SMILES string of the molecule is CC(C)Oc1cncc(Cc2cccnc2N)c1. The van der Waals surface area contributed by atoms with E-state index < -0.39 is 0 Å². The second-order valence-corrected chi connectivity index (χ2v) is 4.42. The molecule has 0 spiro atoms. The second kappa shape index (κ2) is 5.49. The highest BCUT2D eigenvalue weighted by molar-refractivity contribution is 5.42. The first-order valence-corrected chi connectivity index (χ1v) is 5.95. The van der Waals surface area contributed by atoms with E-state index in [0.29, 0.717) is 12.2 Å². The van der Waals surface area contributed by atoms with Crippen molar-refractivity contribution in [2.24, 2.45) is 0 Å². The van der Waals surface area contributed by atoms with Crippen LogP contribution >= 0.6 is 0 Å². The Bertz CT molecular complexity index is 526. The smallest absolute Gasteiger partial charge is 0.138 e. The van der Waals surface area contributed by atoms with Crippen LogP contribution in [-0.2, 0) is 6.42 Å². The molecule has 0 aliphatic carbocycles. The van der Waals surface area contributed by atoms with Gasteiger partial charge in [0, 0.05) is 18.8 Å². The van der Waals surface area contributed by atoms with E-state index >= 15 is 0 Å². The average Bonchev–Trinajstić information content (AvgIpc) is 2.32. The summed E-state index contributed by atoms with van der Waals surface area (Å²) in [5.41, 5.74) is 7.89. The summed E-state index contributed by atoms with van der Waals surface area (Å²) < 4.78 is 5.61. The first kappa shape index (κ1) is 12.4. The van der Waals surface area contributed by atoms with E-state index in [0.717, 1.165) is 16.9 Å². The van der Waals surface area contributed by atoms with Gasteiger partial charge in [-0.05, 0) is 37.1 Å². The van der Waals surface area contributed by atoms with Gasteiger partial charge >= 0.3 is 0 Å². The van der Waals surface area contributed by atoms with Gasteiger partial charge < -0.3 is 10.5 Å². The molecule has 0 aliphatic rings. The van der Waals surface area contributed by atoms with Crippen molar-refractivity contribution in [2.45, 2.75) is 26.4 Å². The van der Waals surface area contributed by atoms with Crippen LogP contribution in [0, 0.1) is 0 Å². The molecule has 2 N–H and O–H groups in total. The van der Waals surface area contributed by atoms with Crippen LogP contribution in [0.4, 0.5) is 5.82 Å². The van der Waals surface area contributed by atoms with Crippen molar-refractivity contribution in [3.63, 3.8) is 0 Å². The lowest BCUT2D eigenvalue weighted by Gasteiger charge is -2.10. The van der Waals surface area contributed by atoms with Crippen LogP contribution in [0.1, 0.15) is 25.0 Å². The molecule has 0 fully saturated rings. The highest BCUT2D eigenvalue weighted by Gasteiger charge is 2.04. The fraction of sp³-hybridized carbons (Fsp3) is 0.286. The van der Waals surface area contributed by atoms with E-state index in [1.165, 1.54) is 0 Å². The van der Waals surface area contributed by atoms with Crippen LogP contribution in [0.3, 0.4) is 0 Å². The summed E-state index contributed by atoms with van der Waals surface area (Å²) in [5, 5.41) is 0. The number of pyridine rings is 2. The lowest BCUT2D eigenvalue weighted by Crippen LogP contribution is -2.06. The Balaban J connectivity index is 2.17. The van der Waals surface area contributed by atoms with Gasteiger partial charge in [-0.15, -0.1) is 0 Å². The minimum absolute atomic E-state index is 0.144. The number of ether oxygens (including phenoxy) is 1. The van der Waals surface area contributed by atoms with Crippen LogP contribution in [0.2, 0.25) is 0 Å². The van der Waals surface area contributed by atoms with Gasteiger partial charge in [0.15, 0.2) is 0 Å². The van der Waals surface area contributed by atoms with Gasteiger partial charge in [0.2, 0.25) is 0 Å². The molecule has 2 heterocycles. The zero-order chi connectivity index (χ0) is 13.0. The third-order valence-corrected chi connectivity index (χ3v) is 2.46. The molecule has 0 unspecified atom stereocenters. The maximum atomic E-state index is 5.82. The van der Waals surface area contributed by atoms with Crippen molar-refractivity contribution in [3.8, 4) is 5.75 Å². The number of hydrogen-bond acceptors (Lipinski definition) is 4. The molecular formula is C14H17N3O. The number of anilines is 1. The minimum atomic E-state index is 0.144. The molecule has 0 radical (unpaired) electrons. The van der Waals surface area contributed by atoms with Crippen LogP contribution in [0.15, 0.2) is 36.8 Å². The van der Waals surface area contributed by atoms with E-state index in [2.05, 4.69) is 9.97 Å². The molecule has 0 aliphatic heterocycles. The molecule has 2 aromatic rings. The number of hydrogen-bond donors (Lipinski definition) is 1. The quantitative estimate of drug-likeness (QED) is 0.896. The summed E-state index contributed by atoms with van der Waals surface area (Å²) in [6.45, 7) is 3.98. The van der Waals surface area contributed by atoms with Gasteiger partial charge in [-0.25, -0.2) is 4.98 Å². The third kappa shape index (κ3) is 3.20. The lowest BCUT2D eigenvalue weighted by molar-refractivity contribution is 0.241. The zero-order valence-corrected chi connectivity index (χ0v) is 10.6. The molecule has 2 aromatic heterocycles. The Morgan fingerprint density at radius 3 is 2.89 bits per heavy atom. The van der Waals surface area contributed by atoms with Gasteiger partial charge in [-0.1, -0.05) is 6.07 Å². The summed E-state index contributed by atoms with van der Waals surface area (Å²) in [6, 6.07) is 5.84. The topological polar surface area (TPSA) is 61.0 Å². The van der Waals surface area contributed by atoms with Crippen LogP contribution in [0.25, 0.3) is 0 Å². The summed E-state index contributed by atoms with van der Waals surface area (Å²) in [6.07, 6.45) is 6.08. The van der Waals surface area contributed by atoms with Gasteiger partial charge in [-0.2, -0.15) is 0 Å². The predicted molar refractivity (Wildman–Crippen MR) is 71.5 cm³/mol. The monoisotopic (exact) mass is 243 g/mol. The molecule has 0 bridgehead atoms. The molecule has 94 valence electrons. The third-order valence-electron chi connectivity index (χ3n) is 2.46. The zero-order valence-electron chi connectivity index (χ0n) is 10.6. The maximum absolute atomic E-state index is 5.82. The summed E-state index contributed by atoms with van der Waals surface area (Å²) in [4.78, 5) is 8.25. The molecule has 2 rings (SSSR count). The Labute approximate surface area is 107 Å². The number of nitrogens with zero attached hydrogens (tertiary/aromatic N) is 2. The van der Waals surface area contributed by atoms with Crippen molar-refractivity contribution in [2.75, 3.05) is 5.73 Å². The second-order valence-electron chi connectivity index (χ2n) is 4.42. The number of nitrogens with two attached hydrogens (primary N) is 1. The molecule has 0 saturated heterocycles. The van der Waals surface area contributed by atoms with Crippen LogP contribution < -0.4 is 10.5 Å². The minimum Gasteiger partial charge on any atom is -0.489 e. The van der Waals surface area contributed by atoms with Crippen molar-refractivity contribution in [1.29, 1.82) is 0 Å². The highest BCUT2D eigenvalue weighted by atomic mass is 16.5. The summed E-state index contributed by atoms with van der Waals surface area (Å²) in [7, 11) is 0. The Hall–Kier alpha value is -2.10. The van der Waals surface area contributed by atoms with Gasteiger partial charge in [0.05, 0.1) is 12.3 Å². The van der Waals surface area contributed by atoms with E-state index in [1.54, 1.807) is 12.4 Å². The fourth-order valence-electron chi connectivity index (χ4n) is 1.72. The summed E-state index contributed by atoms with van der Waals surface area (Å²) in [5.74, 6) is 1.35. The van der Waals surface area contributed by atoms with Crippen LogP contribution in [0.5, 0.6) is 5.75 Å². The highest BCUT2D eigenvalue weighted by Crippen LogP contribution is 2.18. The Morgan fingerprint density at radius 1 is 1.33 bits per heavy atom. The van der Waals surface area contributed by atoms with Crippen LogP contribution in [-0.4, -0.2) is 16.1 Å². The van der Waals surface area contributed by atoms with Gasteiger partial charge in [-0.3, -0.25) is 4.98 Å². The standard InChI is InChI=1S/C14H17N3O/c1-10(2)18-13-7-11(8-16-9-13)6-12-4-3-5-17-14(12)15/h3-5,7-10H,6H2,1-2H3,(H2,15,17). The number of aromatic nitrogens is 2. The molecule has 0 saturated carbocycles. The van der Waals surface area contributed by atoms with Crippen molar-refractivity contribution >= 4 is 5.82 Å². The van der Waals surface area contributed by atoms with E-state index in [4.69, 9.17) is 10.5 Å². The Morgan fingerprint density at radius 2 is 2.17 bits per heavy atom. The summed E-state index contributed by atoms with van der Waals surface area (Å²) >= 11 is 0. The first-order chi connectivity index (χ1) is 8.65. The van der Waals surface area contributed by atoms with E-state index in [-0.39, 0.29) is 6.10 Å². The normalized spacial score (nSPS) is 10.6. The molecule has 4 heteroatoms. The molecule has 0 aromatic carbocycles. The van der Waals surface area contributed by atoms with Crippen molar-refractivity contribution < 1.29 is 4.74 Å². The van der Waals surface area contributed by atoms with Gasteiger partial charge in [0.25, 0.3) is 0 Å². The van der Waals surface area contributed by atoms with E-state index in [9.17, 15) is 0 Å². The van der Waals surface area contributed by atoms with Gasteiger partial charge in [0.1, 0.15) is 11.6 Å². The van der Waals surface area contributed by atoms with Crippen molar-refractivity contribution in [3.05, 3.63) is 47.9 Å². The maximum Gasteiger partial charge on any atom is 0.138 e. The Kier molecular flexibility index (Phi) is 3.77. The lowest BCUT2D eigenvalue weighted by atomic mass is 10.1. The van der Waals surface area contributed by atoms with Crippen molar-refractivity contribution in [1.82, 2.24) is 9.97 Å². The molecule has 0 amide bonds. The average molecular weight is 243 g/mol.